The Labute approximate surface area is 133 Å². The topological polar surface area (TPSA) is 56.6 Å². The number of rotatable bonds is 2. The van der Waals surface area contributed by atoms with Gasteiger partial charge >= 0.3 is 0 Å². The third-order valence-electron chi connectivity index (χ3n) is 4.26. The summed E-state index contributed by atoms with van der Waals surface area (Å²) in [6.07, 6.45) is 1.25. The van der Waals surface area contributed by atoms with Crippen molar-refractivity contribution in [2.75, 3.05) is 37.7 Å². The summed E-state index contributed by atoms with van der Waals surface area (Å²) in [4.78, 5) is 15.5. The van der Waals surface area contributed by atoms with Crippen molar-refractivity contribution in [2.24, 2.45) is 0 Å². The fraction of sp³-hybridized carbons (Fsp3) is 0.500. The van der Waals surface area contributed by atoms with Gasteiger partial charge in [-0.05, 0) is 25.0 Å². The third-order valence-corrected chi connectivity index (χ3v) is 4.26. The van der Waals surface area contributed by atoms with Crippen LogP contribution in [0.25, 0.3) is 0 Å². The maximum atomic E-state index is 14.1. The molecule has 5 nitrogen and oxygen atoms in total. The van der Waals surface area contributed by atoms with Crippen LogP contribution in [0.15, 0.2) is 12.1 Å². The van der Waals surface area contributed by atoms with Gasteiger partial charge in [0, 0.05) is 32.8 Å². The molecule has 23 heavy (non-hydrogen) atoms. The molecule has 0 saturated carbocycles. The van der Waals surface area contributed by atoms with Gasteiger partial charge in [-0.25, -0.2) is 8.78 Å². The number of carbonyl (C=O) groups excluding carboxylic acids is 1. The highest BCUT2D eigenvalue weighted by Gasteiger charge is 2.31. The van der Waals surface area contributed by atoms with Crippen LogP contribution in [0, 0.1) is 23.0 Å². The number of hydrogen-bond acceptors (Lipinski definition) is 4. The number of carbonyl (C=O) groups is 1. The molecule has 1 aromatic rings. The van der Waals surface area contributed by atoms with Gasteiger partial charge in [0.1, 0.15) is 11.8 Å². The zero-order chi connectivity index (χ0) is 16.4. The predicted octanol–water partition coefficient (Wildman–Crippen LogP) is 1.66. The molecule has 0 aliphatic carbocycles. The van der Waals surface area contributed by atoms with Crippen molar-refractivity contribution in [2.45, 2.75) is 18.9 Å². The number of amides is 1. The number of halogens is 2. The Bertz CT molecular complexity index is 622. The van der Waals surface area contributed by atoms with Crippen molar-refractivity contribution in [3.63, 3.8) is 0 Å². The number of ether oxygens (including phenoxy) is 1. The van der Waals surface area contributed by atoms with Crippen LogP contribution < -0.4 is 4.90 Å². The van der Waals surface area contributed by atoms with Crippen LogP contribution in [0.2, 0.25) is 0 Å². The SMILES string of the molecule is N#Cc1cc(F)c(N2CCN(C(=O)C3CCCO3)CC2)c(F)c1. The molecule has 1 amide bonds. The van der Waals surface area contributed by atoms with Gasteiger partial charge in [-0.1, -0.05) is 0 Å². The van der Waals surface area contributed by atoms with Gasteiger partial charge in [0.25, 0.3) is 5.91 Å². The number of piperazine rings is 1. The van der Waals surface area contributed by atoms with Crippen LogP contribution in [0.1, 0.15) is 18.4 Å². The van der Waals surface area contributed by atoms with E-state index in [0.29, 0.717) is 32.8 Å². The molecule has 0 aromatic heterocycles. The highest BCUT2D eigenvalue weighted by Crippen LogP contribution is 2.26. The molecule has 0 spiro atoms. The summed E-state index contributed by atoms with van der Waals surface area (Å²) < 4.78 is 33.5. The molecule has 2 aliphatic heterocycles. The fourth-order valence-corrected chi connectivity index (χ4v) is 3.06. The van der Waals surface area contributed by atoms with E-state index in [2.05, 4.69) is 0 Å². The molecule has 2 saturated heterocycles. The summed E-state index contributed by atoms with van der Waals surface area (Å²) in [6, 6.07) is 3.79. The number of hydrogen-bond donors (Lipinski definition) is 0. The zero-order valence-electron chi connectivity index (χ0n) is 12.6. The standard InChI is InChI=1S/C16H17F2N3O2/c17-12-8-11(10-19)9-13(18)15(12)20-3-5-21(6-4-20)16(22)14-2-1-7-23-14/h8-9,14H,1-7H2. The average molecular weight is 321 g/mol. The van der Waals surface area contributed by atoms with Crippen LogP contribution in [0.3, 0.4) is 0 Å². The average Bonchev–Trinajstić information content (AvgIpc) is 3.08. The van der Waals surface area contributed by atoms with Crippen molar-refractivity contribution in [3.05, 3.63) is 29.3 Å². The first-order valence-electron chi connectivity index (χ1n) is 7.64. The van der Waals surface area contributed by atoms with Crippen LogP contribution >= 0.6 is 0 Å². The van der Waals surface area contributed by atoms with Crippen LogP contribution in [0.5, 0.6) is 0 Å². The second-order valence-electron chi connectivity index (χ2n) is 5.71. The molecule has 1 atom stereocenters. The van der Waals surface area contributed by atoms with Gasteiger partial charge in [0.15, 0.2) is 11.6 Å². The van der Waals surface area contributed by atoms with Gasteiger partial charge in [-0.2, -0.15) is 5.26 Å². The highest BCUT2D eigenvalue weighted by atomic mass is 19.1. The normalized spacial score (nSPS) is 21.3. The number of benzene rings is 1. The van der Waals surface area contributed by atoms with Crippen molar-refractivity contribution >= 4 is 11.6 Å². The first kappa shape index (κ1) is 15.7. The van der Waals surface area contributed by atoms with E-state index in [4.69, 9.17) is 10.00 Å². The van der Waals surface area contributed by atoms with E-state index in [0.717, 1.165) is 25.0 Å². The monoisotopic (exact) mass is 321 g/mol. The predicted molar refractivity (Wildman–Crippen MR) is 78.8 cm³/mol. The van der Waals surface area contributed by atoms with E-state index in [1.807, 2.05) is 0 Å². The van der Waals surface area contributed by atoms with E-state index in [1.165, 1.54) is 0 Å². The molecule has 7 heteroatoms. The Morgan fingerprint density at radius 1 is 1.22 bits per heavy atom. The van der Waals surface area contributed by atoms with Gasteiger partial charge in [0.2, 0.25) is 0 Å². The summed E-state index contributed by atoms with van der Waals surface area (Å²) in [6.45, 7) is 2.10. The largest absolute Gasteiger partial charge is 0.368 e. The smallest absolute Gasteiger partial charge is 0.251 e. The van der Waals surface area contributed by atoms with Crippen molar-refractivity contribution in [3.8, 4) is 6.07 Å². The molecule has 1 unspecified atom stereocenters. The zero-order valence-corrected chi connectivity index (χ0v) is 12.6. The van der Waals surface area contributed by atoms with Gasteiger partial charge in [0.05, 0.1) is 11.6 Å². The first-order valence-corrected chi connectivity index (χ1v) is 7.64. The molecule has 3 rings (SSSR count). The summed E-state index contributed by atoms with van der Waals surface area (Å²) in [5, 5.41) is 8.73. The maximum Gasteiger partial charge on any atom is 0.251 e. The molecular formula is C16H17F2N3O2. The van der Waals surface area contributed by atoms with Gasteiger partial charge in [-0.3, -0.25) is 4.79 Å². The summed E-state index contributed by atoms with van der Waals surface area (Å²) in [7, 11) is 0. The Morgan fingerprint density at radius 3 is 2.39 bits per heavy atom. The Kier molecular flexibility index (Phi) is 4.44. The molecule has 0 N–H and O–H groups in total. The lowest BCUT2D eigenvalue weighted by Gasteiger charge is -2.37. The van der Waals surface area contributed by atoms with E-state index in [-0.39, 0.29) is 23.3 Å². The van der Waals surface area contributed by atoms with Crippen LogP contribution in [-0.2, 0) is 9.53 Å². The van der Waals surface area contributed by atoms with Crippen LogP contribution in [0.4, 0.5) is 14.5 Å². The second kappa shape index (κ2) is 6.50. The van der Waals surface area contributed by atoms with Crippen LogP contribution in [-0.4, -0.2) is 49.7 Å². The minimum absolute atomic E-state index is 0.0390. The molecule has 2 heterocycles. The molecule has 1 aromatic carbocycles. The molecule has 0 radical (unpaired) electrons. The van der Waals surface area contributed by atoms with E-state index < -0.39 is 11.6 Å². The number of nitrogens with zero attached hydrogens (tertiary/aromatic N) is 3. The van der Waals surface area contributed by atoms with Crippen molar-refractivity contribution in [1.82, 2.24) is 4.90 Å². The second-order valence-corrected chi connectivity index (χ2v) is 5.71. The minimum Gasteiger partial charge on any atom is -0.368 e. The molecule has 2 aliphatic rings. The fourth-order valence-electron chi connectivity index (χ4n) is 3.06. The van der Waals surface area contributed by atoms with E-state index >= 15 is 0 Å². The number of nitriles is 1. The lowest BCUT2D eigenvalue weighted by molar-refractivity contribution is -0.141. The molecule has 0 bridgehead atoms. The molecular weight excluding hydrogens is 304 g/mol. The Balaban J connectivity index is 1.67. The highest BCUT2D eigenvalue weighted by molar-refractivity contribution is 5.81. The number of anilines is 1. The minimum atomic E-state index is -0.750. The Hall–Kier alpha value is -2.20. The summed E-state index contributed by atoms with van der Waals surface area (Å²) >= 11 is 0. The quantitative estimate of drug-likeness (QED) is 0.831. The van der Waals surface area contributed by atoms with Crippen molar-refractivity contribution in [1.29, 1.82) is 5.26 Å². The third kappa shape index (κ3) is 3.13. The summed E-state index contributed by atoms with van der Waals surface area (Å²) in [5.41, 5.74) is -0.177. The Morgan fingerprint density at radius 2 is 1.87 bits per heavy atom. The van der Waals surface area contributed by atoms with Crippen molar-refractivity contribution < 1.29 is 18.3 Å². The van der Waals surface area contributed by atoms with Gasteiger partial charge in [-0.15, -0.1) is 0 Å². The lowest BCUT2D eigenvalue weighted by atomic mass is 10.1. The molecule has 2 fully saturated rings. The molecule has 122 valence electrons. The van der Waals surface area contributed by atoms with E-state index in [1.54, 1.807) is 15.9 Å². The lowest BCUT2D eigenvalue weighted by Crippen LogP contribution is -2.51. The van der Waals surface area contributed by atoms with E-state index in [9.17, 15) is 13.6 Å². The maximum absolute atomic E-state index is 14.1. The first-order chi connectivity index (χ1) is 11.1. The summed E-state index contributed by atoms with van der Waals surface area (Å²) in [5.74, 6) is -1.54. The van der Waals surface area contributed by atoms with Gasteiger partial charge < -0.3 is 14.5 Å².